The van der Waals surface area contributed by atoms with E-state index in [0.717, 1.165) is 12.8 Å². The fourth-order valence-corrected chi connectivity index (χ4v) is 5.04. The van der Waals surface area contributed by atoms with E-state index < -0.39 is 0 Å². The zero-order chi connectivity index (χ0) is 21.4. The average molecular weight is 564 g/mol. The number of rotatable bonds is 5. The van der Waals surface area contributed by atoms with Gasteiger partial charge in [-0.1, -0.05) is 92.2 Å². The number of fused-ring (bicyclic) bond motifs is 3. The SMILES string of the molecule is Cc1cc2c(cc1-c1ccccc1)Cc1[c-]c(CC(c3ccccc3)C(C)C)ccc1-2.[Cl-].[Cl-].[Zr+3]. The van der Waals surface area contributed by atoms with Gasteiger partial charge in [-0.3, -0.25) is 0 Å². The molecule has 1 radical (unpaired) electrons. The Morgan fingerprint density at radius 1 is 0.765 bits per heavy atom. The van der Waals surface area contributed by atoms with E-state index in [9.17, 15) is 0 Å². The first-order valence-corrected chi connectivity index (χ1v) is 11.4. The molecule has 1 aliphatic carbocycles. The van der Waals surface area contributed by atoms with Crippen LogP contribution in [0, 0.1) is 18.9 Å². The first-order chi connectivity index (χ1) is 15.1. The molecular formula is C31H29Cl2Zr. The molecular weight excluding hydrogens is 534 g/mol. The number of hydrogen-bond acceptors (Lipinski definition) is 0. The molecule has 0 saturated heterocycles. The van der Waals surface area contributed by atoms with Gasteiger partial charge in [0.1, 0.15) is 0 Å². The summed E-state index contributed by atoms with van der Waals surface area (Å²) in [4.78, 5) is 0. The van der Waals surface area contributed by atoms with Crippen molar-refractivity contribution in [2.24, 2.45) is 5.92 Å². The van der Waals surface area contributed by atoms with Gasteiger partial charge < -0.3 is 24.8 Å². The van der Waals surface area contributed by atoms with E-state index in [1.165, 1.54) is 50.1 Å². The monoisotopic (exact) mass is 561 g/mol. The molecule has 0 heterocycles. The van der Waals surface area contributed by atoms with E-state index in [1.54, 1.807) is 0 Å². The molecule has 4 aromatic carbocycles. The molecule has 0 spiro atoms. The molecule has 0 aromatic heterocycles. The van der Waals surface area contributed by atoms with E-state index in [0.29, 0.717) is 11.8 Å². The number of hydrogen-bond donors (Lipinski definition) is 0. The van der Waals surface area contributed by atoms with Crippen LogP contribution in [0.25, 0.3) is 22.3 Å². The third-order valence-corrected chi connectivity index (χ3v) is 6.75. The van der Waals surface area contributed by atoms with Crippen LogP contribution in [0.15, 0.2) is 84.9 Å². The molecule has 1 aliphatic rings. The Kier molecular flexibility index (Phi) is 10.4. The molecule has 0 aliphatic heterocycles. The van der Waals surface area contributed by atoms with Crippen molar-refractivity contribution < 1.29 is 51.0 Å². The maximum Gasteiger partial charge on any atom is 3.00 e. The molecule has 0 saturated carbocycles. The Bertz CT molecular complexity index is 1220. The first-order valence-electron chi connectivity index (χ1n) is 11.4. The van der Waals surface area contributed by atoms with Gasteiger partial charge in [-0.25, -0.2) is 0 Å². The fraction of sp³-hybridized carbons (Fsp3) is 0.226. The minimum Gasteiger partial charge on any atom is -1.00 e. The van der Waals surface area contributed by atoms with E-state index in [4.69, 9.17) is 0 Å². The normalized spacial score (nSPS) is 12.0. The predicted molar refractivity (Wildman–Crippen MR) is 131 cm³/mol. The topological polar surface area (TPSA) is 0 Å². The summed E-state index contributed by atoms with van der Waals surface area (Å²) in [7, 11) is 0. The van der Waals surface area contributed by atoms with Crippen molar-refractivity contribution in [2.75, 3.05) is 0 Å². The van der Waals surface area contributed by atoms with E-state index in [-0.39, 0.29) is 51.0 Å². The number of aryl methyl sites for hydroxylation is 1. The van der Waals surface area contributed by atoms with Gasteiger partial charge in [0.15, 0.2) is 0 Å². The van der Waals surface area contributed by atoms with E-state index in [1.807, 2.05) is 0 Å². The Balaban J connectivity index is 0.00000136. The first kappa shape index (κ1) is 28.6. The summed E-state index contributed by atoms with van der Waals surface area (Å²) in [6.45, 7) is 6.88. The molecule has 0 amide bonds. The van der Waals surface area contributed by atoms with Gasteiger partial charge in [0.05, 0.1) is 0 Å². The van der Waals surface area contributed by atoms with Crippen molar-refractivity contribution >= 4 is 0 Å². The number of halogens is 2. The van der Waals surface area contributed by atoms with Crippen molar-refractivity contribution in [3.63, 3.8) is 0 Å². The third kappa shape index (κ3) is 5.76. The van der Waals surface area contributed by atoms with Crippen LogP contribution in [-0.4, -0.2) is 0 Å². The Labute approximate surface area is 236 Å². The van der Waals surface area contributed by atoms with Crippen LogP contribution in [0.2, 0.25) is 0 Å². The van der Waals surface area contributed by atoms with Crippen LogP contribution in [0.4, 0.5) is 0 Å². The zero-order valence-corrected chi connectivity index (χ0v) is 23.9. The standard InChI is InChI=1S/C31H29.2ClH.Zr/c1-21(2)29(24-10-6-4-7-11-24)18-23-14-15-28-26(17-23)19-27-20-30(22(3)16-31(27)28)25-12-8-5-9-13-25;;;/h4-16,20-21,29H,18-19H2,1-3H3;2*1H;/q-1;;;+3/p-2. The average Bonchev–Trinajstić information content (AvgIpc) is 3.14. The van der Waals surface area contributed by atoms with Crippen LogP contribution in [0.5, 0.6) is 0 Å². The summed E-state index contributed by atoms with van der Waals surface area (Å²) in [6, 6.07) is 34.9. The van der Waals surface area contributed by atoms with Crippen LogP contribution in [0.3, 0.4) is 0 Å². The Hall–Kier alpha value is -1.66. The largest absolute Gasteiger partial charge is 3.00 e. The summed E-state index contributed by atoms with van der Waals surface area (Å²) >= 11 is 0. The summed E-state index contributed by atoms with van der Waals surface area (Å²) < 4.78 is 0. The molecule has 4 aromatic rings. The molecule has 5 rings (SSSR count). The maximum atomic E-state index is 3.81. The summed E-state index contributed by atoms with van der Waals surface area (Å²) in [5.41, 5.74) is 12.3. The van der Waals surface area contributed by atoms with E-state index >= 15 is 0 Å². The van der Waals surface area contributed by atoms with Crippen LogP contribution >= 0.6 is 0 Å². The molecule has 1 unspecified atom stereocenters. The van der Waals surface area contributed by atoms with Gasteiger partial charge in [-0.15, -0.1) is 11.1 Å². The van der Waals surface area contributed by atoms with Crippen molar-refractivity contribution in [1.29, 1.82) is 0 Å². The van der Waals surface area contributed by atoms with Crippen molar-refractivity contribution in [1.82, 2.24) is 0 Å². The van der Waals surface area contributed by atoms with Gasteiger partial charge in [-0.05, 0) is 59.4 Å². The smallest absolute Gasteiger partial charge is 1.00 e. The molecule has 0 N–H and O–H groups in total. The second-order valence-electron chi connectivity index (χ2n) is 9.21. The number of benzene rings is 4. The van der Waals surface area contributed by atoms with Gasteiger partial charge in [0.2, 0.25) is 0 Å². The minimum absolute atomic E-state index is 0. The van der Waals surface area contributed by atoms with Gasteiger partial charge in [-0.2, -0.15) is 23.8 Å². The fourth-order valence-electron chi connectivity index (χ4n) is 5.04. The second kappa shape index (κ2) is 12.3. The second-order valence-corrected chi connectivity index (χ2v) is 9.21. The van der Waals surface area contributed by atoms with Gasteiger partial charge in [0.25, 0.3) is 0 Å². The molecule has 34 heavy (non-hydrogen) atoms. The van der Waals surface area contributed by atoms with Crippen molar-refractivity contribution in [3.05, 3.63) is 119 Å². The van der Waals surface area contributed by atoms with E-state index in [2.05, 4.69) is 112 Å². The predicted octanol–water partition coefficient (Wildman–Crippen LogP) is 2.02. The minimum atomic E-state index is 0. The summed E-state index contributed by atoms with van der Waals surface area (Å²) in [5, 5.41) is 0. The van der Waals surface area contributed by atoms with Crippen LogP contribution < -0.4 is 24.8 Å². The molecule has 3 heteroatoms. The van der Waals surface area contributed by atoms with Crippen molar-refractivity contribution in [3.8, 4) is 22.3 Å². The summed E-state index contributed by atoms with van der Waals surface area (Å²) in [6.07, 6.45) is 2.02. The van der Waals surface area contributed by atoms with Gasteiger partial charge in [0, 0.05) is 0 Å². The molecule has 0 bridgehead atoms. The Morgan fingerprint density at radius 3 is 2.06 bits per heavy atom. The summed E-state index contributed by atoms with van der Waals surface area (Å²) in [5.74, 6) is 1.11. The molecule has 171 valence electrons. The van der Waals surface area contributed by atoms with Crippen LogP contribution in [0.1, 0.15) is 47.6 Å². The van der Waals surface area contributed by atoms with Gasteiger partial charge >= 0.3 is 26.2 Å². The molecule has 0 fully saturated rings. The zero-order valence-electron chi connectivity index (χ0n) is 19.9. The molecule has 0 nitrogen and oxygen atoms in total. The third-order valence-electron chi connectivity index (χ3n) is 6.75. The Morgan fingerprint density at radius 2 is 1.41 bits per heavy atom. The quantitative estimate of drug-likeness (QED) is 0.287. The van der Waals surface area contributed by atoms with Crippen molar-refractivity contribution in [2.45, 2.75) is 39.5 Å². The molecule has 1 atom stereocenters. The van der Waals surface area contributed by atoms with Crippen LogP contribution in [-0.2, 0) is 39.0 Å². The maximum absolute atomic E-state index is 3.81.